The van der Waals surface area contributed by atoms with Crippen LogP contribution in [-0.4, -0.2) is 9.52 Å². The Kier molecular flexibility index (Phi) is 4.34. The number of hydrogen-bond donors (Lipinski definition) is 0. The largest absolute Gasteiger partial charge is 0.103 e. The van der Waals surface area contributed by atoms with Crippen LogP contribution < -0.4 is 5.19 Å². The molecule has 2 radical (unpaired) electrons. The minimum Gasteiger partial charge on any atom is -0.103 e. The van der Waals surface area contributed by atoms with E-state index in [0.29, 0.717) is 5.54 Å². The number of hydrogen-bond acceptors (Lipinski definition) is 0. The Morgan fingerprint density at radius 2 is 1.53 bits per heavy atom. The van der Waals surface area contributed by atoms with Gasteiger partial charge in [-0.1, -0.05) is 71.9 Å². The first-order valence-corrected chi connectivity index (χ1v) is 6.94. The number of rotatable bonds is 5. The summed E-state index contributed by atoms with van der Waals surface area (Å²) in [6.45, 7) is 3.96. The number of benzene rings is 2. The summed E-state index contributed by atoms with van der Waals surface area (Å²) in [7, 11) is 0.803. The molecule has 0 aromatic heterocycles. The van der Waals surface area contributed by atoms with Crippen molar-refractivity contribution in [2.45, 2.75) is 12.0 Å². The van der Waals surface area contributed by atoms with Gasteiger partial charge in [-0.25, -0.2) is 0 Å². The van der Waals surface area contributed by atoms with E-state index in [1.807, 2.05) is 0 Å². The lowest BCUT2D eigenvalue weighted by Gasteiger charge is -2.11. The van der Waals surface area contributed by atoms with Crippen LogP contribution in [0.1, 0.15) is 5.56 Å². The van der Waals surface area contributed by atoms with Crippen molar-refractivity contribution >= 4 is 14.7 Å². The molecule has 1 atom stereocenters. The maximum Gasteiger partial charge on any atom is 0.0887 e. The van der Waals surface area contributed by atoms with Gasteiger partial charge in [-0.05, 0) is 17.5 Å². The van der Waals surface area contributed by atoms with Crippen LogP contribution in [0.25, 0.3) is 0 Å². The van der Waals surface area contributed by atoms with Crippen molar-refractivity contribution in [2.75, 3.05) is 0 Å². The lowest BCUT2D eigenvalue weighted by molar-refractivity contribution is 0.990. The van der Waals surface area contributed by atoms with E-state index in [1.165, 1.54) is 10.8 Å². The van der Waals surface area contributed by atoms with E-state index in [2.05, 4.69) is 73.3 Å². The molecule has 84 valence electrons. The summed E-state index contributed by atoms with van der Waals surface area (Å²) in [6.07, 6.45) is 3.16. The third-order valence-corrected chi connectivity index (χ3v) is 4.19. The topological polar surface area (TPSA) is 0 Å². The highest BCUT2D eigenvalue weighted by Gasteiger charge is 2.07. The third-order valence-electron chi connectivity index (χ3n) is 2.71. The highest BCUT2D eigenvalue weighted by Crippen LogP contribution is 2.13. The molecule has 2 aromatic carbocycles. The van der Waals surface area contributed by atoms with Crippen LogP contribution in [-0.2, 0) is 6.42 Å². The van der Waals surface area contributed by atoms with Gasteiger partial charge in [0.15, 0.2) is 0 Å². The normalized spacial score (nSPS) is 12.0. The monoisotopic (exact) mass is 236 g/mol. The quantitative estimate of drug-likeness (QED) is 0.552. The van der Waals surface area contributed by atoms with Crippen LogP contribution in [0, 0.1) is 0 Å². The van der Waals surface area contributed by atoms with Crippen LogP contribution >= 0.6 is 0 Å². The molecular weight excluding hydrogens is 220 g/mol. The molecule has 0 bridgehead atoms. The SMILES string of the molecule is C=CC(Cc1ccccc1)[Si]c1ccccc1. The lowest BCUT2D eigenvalue weighted by atomic mass is 10.1. The van der Waals surface area contributed by atoms with Gasteiger partial charge >= 0.3 is 0 Å². The van der Waals surface area contributed by atoms with Crippen molar-refractivity contribution in [2.24, 2.45) is 0 Å². The van der Waals surface area contributed by atoms with Crippen molar-refractivity contribution in [3.63, 3.8) is 0 Å². The molecule has 0 heterocycles. The Morgan fingerprint density at radius 1 is 0.941 bits per heavy atom. The van der Waals surface area contributed by atoms with E-state index in [1.54, 1.807) is 0 Å². The van der Waals surface area contributed by atoms with Crippen LogP contribution in [0.4, 0.5) is 0 Å². The summed E-state index contributed by atoms with van der Waals surface area (Å²) in [4.78, 5) is 0. The van der Waals surface area contributed by atoms with Gasteiger partial charge in [-0.2, -0.15) is 0 Å². The fraction of sp³-hybridized carbons (Fsp3) is 0.125. The van der Waals surface area contributed by atoms with E-state index in [-0.39, 0.29) is 0 Å². The predicted molar refractivity (Wildman–Crippen MR) is 75.9 cm³/mol. The molecule has 17 heavy (non-hydrogen) atoms. The molecule has 0 aliphatic carbocycles. The van der Waals surface area contributed by atoms with E-state index in [4.69, 9.17) is 0 Å². The summed E-state index contributed by atoms with van der Waals surface area (Å²) >= 11 is 0. The molecular formula is C16H16Si. The molecule has 0 saturated carbocycles. The van der Waals surface area contributed by atoms with E-state index >= 15 is 0 Å². The predicted octanol–water partition coefficient (Wildman–Crippen LogP) is 3.23. The van der Waals surface area contributed by atoms with Crippen LogP contribution in [0.5, 0.6) is 0 Å². The molecule has 0 N–H and O–H groups in total. The summed E-state index contributed by atoms with van der Waals surface area (Å²) < 4.78 is 0. The summed E-state index contributed by atoms with van der Waals surface area (Å²) in [5, 5.41) is 1.41. The van der Waals surface area contributed by atoms with Crippen molar-refractivity contribution < 1.29 is 0 Å². The lowest BCUT2D eigenvalue weighted by Crippen LogP contribution is -2.19. The average Bonchev–Trinajstić information content (AvgIpc) is 2.40. The fourth-order valence-corrected chi connectivity index (χ4v) is 3.08. The molecule has 0 aliphatic rings. The first kappa shape index (κ1) is 11.9. The maximum absolute atomic E-state index is 3.96. The zero-order valence-electron chi connectivity index (χ0n) is 9.84. The van der Waals surface area contributed by atoms with Crippen molar-refractivity contribution in [3.8, 4) is 0 Å². The second kappa shape index (κ2) is 6.21. The second-order valence-electron chi connectivity index (χ2n) is 4.04. The first-order valence-electron chi connectivity index (χ1n) is 5.86. The Hall–Kier alpha value is -1.60. The Balaban J connectivity index is 2.01. The van der Waals surface area contributed by atoms with Crippen LogP contribution in [0.2, 0.25) is 5.54 Å². The average molecular weight is 236 g/mol. The van der Waals surface area contributed by atoms with Gasteiger partial charge in [-0.15, -0.1) is 6.58 Å². The molecule has 0 aliphatic heterocycles. The zero-order valence-corrected chi connectivity index (χ0v) is 10.8. The van der Waals surface area contributed by atoms with Gasteiger partial charge < -0.3 is 0 Å². The summed E-state index contributed by atoms with van der Waals surface area (Å²) in [5.41, 5.74) is 1.93. The minimum absolute atomic E-state index is 0.541. The van der Waals surface area contributed by atoms with Gasteiger partial charge in [0.05, 0.1) is 9.52 Å². The molecule has 1 unspecified atom stereocenters. The van der Waals surface area contributed by atoms with Crippen molar-refractivity contribution in [3.05, 3.63) is 78.9 Å². The minimum atomic E-state index is 0.541. The van der Waals surface area contributed by atoms with E-state index in [9.17, 15) is 0 Å². The van der Waals surface area contributed by atoms with Gasteiger partial charge in [0.1, 0.15) is 0 Å². The standard InChI is InChI=1S/C16H16Si/c1-2-15(13-14-9-5-3-6-10-14)17-16-11-7-4-8-12-16/h2-12,15H,1,13H2. The highest BCUT2D eigenvalue weighted by molar-refractivity contribution is 6.55. The Morgan fingerprint density at radius 3 is 2.12 bits per heavy atom. The van der Waals surface area contributed by atoms with Crippen LogP contribution in [0.3, 0.4) is 0 Å². The van der Waals surface area contributed by atoms with Gasteiger partial charge in [-0.3, -0.25) is 0 Å². The van der Waals surface area contributed by atoms with Gasteiger partial charge in [0.25, 0.3) is 0 Å². The summed E-state index contributed by atoms with van der Waals surface area (Å²) in [6, 6.07) is 21.3. The maximum atomic E-state index is 3.96. The molecule has 1 heteroatoms. The Bertz CT molecular complexity index is 406. The zero-order chi connectivity index (χ0) is 11.9. The molecule has 0 nitrogen and oxygen atoms in total. The first-order chi connectivity index (χ1) is 8.38. The van der Waals surface area contributed by atoms with Crippen LogP contribution in [0.15, 0.2) is 73.3 Å². The highest BCUT2D eigenvalue weighted by atomic mass is 28.2. The third kappa shape index (κ3) is 3.72. The fourth-order valence-electron chi connectivity index (χ4n) is 1.81. The number of allylic oxidation sites excluding steroid dienone is 1. The molecule has 2 aromatic rings. The second-order valence-corrected chi connectivity index (χ2v) is 5.65. The van der Waals surface area contributed by atoms with E-state index in [0.717, 1.165) is 15.9 Å². The molecule has 2 rings (SSSR count). The van der Waals surface area contributed by atoms with E-state index < -0.39 is 0 Å². The molecule has 0 amide bonds. The molecule has 0 saturated heterocycles. The van der Waals surface area contributed by atoms with Crippen molar-refractivity contribution in [1.82, 2.24) is 0 Å². The molecule has 0 fully saturated rings. The van der Waals surface area contributed by atoms with Gasteiger partial charge in [0, 0.05) is 0 Å². The van der Waals surface area contributed by atoms with Gasteiger partial charge in [0.2, 0.25) is 0 Å². The molecule has 0 spiro atoms. The van der Waals surface area contributed by atoms with Crippen molar-refractivity contribution in [1.29, 1.82) is 0 Å². The Labute approximate surface area is 106 Å². The summed E-state index contributed by atoms with van der Waals surface area (Å²) in [5.74, 6) is 0. The smallest absolute Gasteiger partial charge is 0.0887 e.